The molecule has 1 aromatic carbocycles. The van der Waals surface area contributed by atoms with Gasteiger partial charge in [-0.2, -0.15) is 12.6 Å². The lowest BCUT2D eigenvalue weighted by Crippen LogP contribution is -2.25. The Morgan fingerprint density at radius 1 is 1.37 bits per heavy atom. The van der Waals surface area contributed by atoms with Crippen LogP contribution >= 0.6 is 12.6 Å². The van der Waals surface area contributed by atoms with E-state index in [1.54, 1.807) is 12.1 Å². The number of sulfonamides is 1. The second kappa shape index (κ2) is 6.93. The van der Waals surface area contributed by atoms with Crippen LogP contribution in [0.5, 0.6) is 0 Å². The fourth-order valence-electron chi connectivity index (χ4n) is 1.44. The molecule has 0 radical (unpaired) electrons. The molecule has 0 aromatic heterocycles. The molecule has 1 rings (SSSR count). The Bertz CT molecular complexity index is 525. The first-order chi connectivity index (χ1) is 8.81. The second-order valence-corrected chi connectivity index (χ2v) is 6.59. The van der Waals surface area contributed by atoms with Gasteiger partial charge in [0.15, 0.2) is 0 Å². The highest BCUT2D eigenvalue weighted by molar-refractivity contribution is 7.88. The Balaban J connectivity index is 2.62. The van der Waals surface area contributed by atoms with Crippen molar-refractivity contribution in [3.8, 4) is 0 Å². The van der Waals surface area contributed by atoms with Crippen LogP contribution in [0.25, 0.3) is 0 Å². The minimum atomic E-state index is -3.21. The zero-order chi connectivity index (χ0) is 14.5. The minimum absolute atomic E-state index is 0.218. The molecule has 0 aliphatic carbocycles. The molecule has 0 amide bonds. The van der Waals surface area contributed by atoms with Crippen LogP contribution in [-0.2, 0) is 26.0 Å². The molecule has 19 heavy (non-hydrogen) atoms. The summed E-state index contributed by atoms with van der Waals surface area (Å²) < 4.78 is 28.9. The second-order valence-electron chi connectivity index (χ2n) is 4.13. The van der Waals surface area contributed by atoms with Gasteiger partial charge in [-0.25, -0.2) is 13.1 Å². The van der Waals surface area contributed by atoms with E-state index in [1.165, 1.54) is 7.11 Å². The molecule has 0 spiro atoms. The van der Waals surface area contributed by atoms with E-state index in [2.05, 4.69) is 22.1 Å². The number of rotatable bonds is 6. The maximum atomic E-state index is 11.1. The Hall–Kier alpha value is -1.05. The lowest BCUT2D eigenvalue weighted by atomic mass is 10.1. The molecule has 0 fully saturated rings. The van der Waals surface area contributed by atoms with Gasteiger partial charge in [-0.1, -0.05) is 24.3 Å². The van der Waals surface area contributed by atoms with Gasteiger partial charge < -0.3 is 4.74 Å². The maximum Gasteiger partial charge on any atom is 0.309 e. The average molecular weight is 303 g/mol. The third kappa shape index (κ3) is 6.09. The molecule has 1 unspecified atom stereocenters. The SMILES string of the molecule is COC(=O)Cc1ccc(C(S)CNS(C)(=O)=O)cc1. The number of ether oxygens (including phenoxy) is 1. The molecule has 5 nitrogen and oxygen atoms in total. The Kier molecular flexibility index (Phi) is 5.84. The first-order valence-corrected chi connectivity index (χ1v) is 8.01. The third-order valence-corrected chi connectivity index (χ3v) is 3.65. The largest absolute Gasteiger partial charge is 0.469 e. The van der Waals surface area contributed by atoms with Gasteiger partial charge in [0.1, 0.15) is 0 Å². The topological polar surface area (TPSA) is 72.5 Å². The van der Waals surface area contributed by atoms with Crippen LogP contribution in [0.4, 0.5) is 0 Å². The Morgan fingerprint density at radius 3 is 2.42 bits per heavy atom. The van der Waals surface area contributed by atoms with E-state index < -0.39 is 10.0 Å². The molecule has 1 atom stereocenters. The molecular formula is C12H17NO4S2. The molecule has 0 heterocycles. The summed E-state index contributed by atoms with van der Waals surface area (Å²) in [7, 11) is -1.87. The average Bonchev–Trinajstić information content (AvgIpc) is 2.36. The van der Waals surface area contributed by atoms with Crippen molar-refractivity contribution < 1.29 is 17.9 Å². The van der Waals surface area contributed by atoms with Crippen molar-refractivity contribution in [1.29, 1.82) is 0 Å². The van der Waals surface area contributed by atoms with Crippen molar-refractivity contribution in [2.24, 2.45) is 0 Å². The van der Waals surface area contributed by atoms with Crippen LogP contribution in [0.1, 0.15) is 16.4 Å². The summed E-state index contributed by atoms with van der Waals surface area (Å²) in [4.78, 5) is 11.1. The van der Waals surface area contributed by atoms with Crippen LogP contribution in [0, 0.1) is 0 Å². The van der Waals surface area contributed by atoms with Gasteiger partial charge in [0.25, 0.3) is 0 Å². The summed E-state index contributed by atoms with van der Waals surface area (Å²) in [6, 6.07) is 7.24. The van der Waals surface area contributed by atoms with Gasteiger partial charge in [0.05, 0.1) is 19.8 Å². The van der Waals surface area contributed by atoms with Crippen LogP contribution in [-0.4, -0.2) is 34.3 Å². The lowest BCUT2D eigenvalue weighted by Gasteiger charge is -2.12. The summed E-state index contributed by atoms with van der Waals surface area (Å²) in [6.07, 6.45) is 1.32. The standard InChI is InChI=1S/C12H17NO4S2/c1-17-12(14)7-9-3-5-10(6-4-9)11(18)8-13-19(2,15)16/h3-6,11,13,18H,7-8H2,1-2H3. The summed E-state index contributed by atoms with van der Waals surface area (Å²) in [5, 5.41) is -0.234. The number of carbonyl (C=O) groups is 1. The van der Waals surface area contributed by atoms with Crippen molar-refractivity contribution in [3.05, 3.63) is 35.4 Å². The number of hydrogen-bond acceptors (Lipinski definition) is 5. The summed E-state index contributed by atoms with van der Waals surface area (Å²) in [5.41, 5.74) is 1.72. The molecule has 0 saturated heterocycles. The molecule has 0 aliphatic heterocycles. The number of benzene rings is 1. The van der Waals surface area contributed by atoms with Crippen LogP contribution in [0.15, 0.2) is 24.3 Å². The van der Waals surface area contributed by atoms with Gasteiger partial charge in [0, 0.05) is 11.8 Å². The first-order valence-electron chi connectivity index (χ1n) is 5.60. The zero-order valence-electron chi connectivity index (χ0n) is 10.8. The van der Waals surface area contributed by atoms with E-state index in [9.17, 15) is 13.2 Å². The predicted octanol–water partition coefficient (Wildman–Crippen LogP) is 0.922. The number of thiol groups is 1. The van der Waals surface area contributed by atoms with E-state index in [0.717, 1.165) is 17.4 Å². The normalized spacial score (nSPS) is 13.0. The minimum Gasteiger partial charge on any atom is -0.469 e. The Morgan fingerprint density at radius 2 is 1.95 bits per heavy atom. The summed E-state index contributed by atoms with van der Waals surface area (Å²) in [5.74, 6) is -0.297. The highest BCUT2D eigenvalue weighted by atomic mass is 32.2. The van der Waals surface area contributed by atoms with E-state index in [4.69, 9.17) is 0 Å². The fraction of sp³-hybridized carbons (Fsp3) is 0.417. The number of hydrogen-bond donors (Lipinski definition) is 2. The molecule has 1 aromatic rings. The number of esters is 1. The molecule has 0 aliphatic rings. The van der Waals surface area contributed by atoms with E-state index in [-0.39, 0.29) is 24.2 Å². The number of methoxy groups -OCH3 is 1. The summed E-state index contributed by atoms with van der Waals surface area (Å²) >= 11 is 4.34. The van der Waals surface area contributed by atoms with Gasteiger partial charge in [0.2, 0.25) is 10.0 Å². The van der Waals surface area contributed by atoms with Crippen molar-refractivity contribution in [2.75, 3.05) is 19.9 Å². The van der Waals surface area contributed by atoms with Crippen molar-refractivity contribution in [3.63, 3.8) is 0 Å². The van der Waals surface area contributed by atoms with Crippen molar-refractivity contribution >= 4 is 28.6 Å². The number of carbonyl (C=O) groups excluding carboxylic acids is 1. The quantitative estimate of drug-likeness (QED) is 0.605. The molecule has 7 heteroatoms. The highest BCUT2D eigenvalue weighted by Gasteiger charge is 2.10. The smallest absolute Gasteiger partial charge is 0.309 e. The van der Waals surface area contributed by atoms with Crippen molar-refractivity contribution in [2.45, 2.75) is 11.7 Å². The van der Waals surface area contributed by atoms with E-state index >= 15 is 0 Å². The van der Waals surface area contributed by atoms with E-state index in [1.807, 2.05) is 12.1 Å². The zero-order valence-corrected chi connectivity index (χ0v) is 12.5. The lowest BCUT2D eigenvalue weighted by molar-refractivity contribution is -0.139. The van der Waals surface area contributed by atoms with Gasteiger partial charge in [-0.05, 0) is 11.1 Å². The van der Waals surface area contributed by atoms with Crippen LogP contribution < -0.4 is 4.72 Å². The van der Waals surface area contributed by atoms with Crippen LogP contribution in [0.3, 0.4) is 0 Å². The van der Waals surface area contributed by atoms with Gasteiger partial charge in [-0.3, -0.25) is 4.79 Å². The highest BCUT2D eigenvalue weighted by Crippen LogP contribution is 2.19. The maximum absolute atomic E-state index is 11.1. The monoisotopic (exact) mass is 303 g/mol. The number of nitrogens with one attached hydrogen (secondary N) is 1. The van der Waals surface area contributed by atoms with E-state index in [0.29, 0.717) is 0 Å². The molecule has 0 saturated carbocycles. The third-order valence-electron chi connectivity index (χ3n) is 2.48. The first kappa shape index (κ1) is 16.0. The fourth-order valence-corrected chi connectivity index (χ4v) is 2.30. The molecule has 106 valence electrons. The van der Waals surface area contributed by atoms with Crippen LogP contribution in [0.2, 0.25) is 0 Å². The Labute approximate surface area is 118 Å². The van der Waals surface area contributed by atoms with Crippen molar-refractivity contribution in [1.82, 2.24) is 4.72 Å². The molecular weight excluding hydrogens is 286 g/mol. The summed E-state index contributed by atoms with van der Waals surface area (Å²) in [6.45, 7) is 0.221. The predicted molar refractivity (Wildman–Crippen MR) is 76.7 cm³/mol. The van der Waals surface area contributed by atoms with Gasteiger partial charge in [-0.15, -0.1) is 0 Å². The van der Waals surface area contributed by atoms with Gasteiger partial charge >= 0.3 is 5.97 Å². The molecule has 0 bridgehead atoms. The molecule has 1 N–H and O–H groups in total.